The van der Waals surface area contributed by atoms with Crippen LogP contribution >= 0.6 is 23.2 Å². The molecule has 2 heterocycles. The number of rotatable bonds is 4. The zero-order chi connectivity index (χ0) is 18.8. The molecule has 1 fully saturated rings. The summed E-state index contributed by atoms with van der Waals surface area (Å²) in [6.45, 7) is 2.67. The molecule has 0 amide bonds. The fourth-order valence-electron chi connectivity index (χ4n) is 3.65. The van der Waals surface area contributed by atoms with Gasteiger partial charge in [0.05, 0.1) is 0 Å². The monoisotopic (exact) mass is 402 g/mol. The van der Waals surface area contributed by atoms with Crippen molar-refractivity contribution in [3.8, 4) is 5.75 Å². The van der Waals surface area contributed by atoms with E-state index in [-0.39, 0.29) is 11.7 Å². The Morgan fingerprint density at radius 2 is 1.93 bits per heavy atom. The third kappa shape index (κ3) is 4.46. The van der Waals surface area contributed by atoms with E-state index in [0.717, 1.165) is 49.2 Å². The molecule has 0 bridgehead atoms. The fraction of sp³-hybridized carbons (Fsp3) is 0.286. The van der Waals surface area contributed by atoms with Crippen LogP contribution in [0.15, 0.2) is 53.5 Å². The minimum Gasteiger partial charge on any atom is -0.489 e. The van der Waals surface area contributed by atoms with E-state index in [2.05, 4.69) is 9.88 Å². The van der Waals surface area contributed by atoms with Crippen LogP contribution in [-0.2, 0) is 6.54 Å². The normalized spacial score (nSPS) is 17.9. The Labute approximate surface area is 167 Å². The summed E-state index contributed by atoms with van der Waals surface area (Å²) in [5, 5.41) is 2.88. The highest BCUT2D eigenvalue weighted by Crippen LogP contribution is 2.24. The van der Waals surface area contributed by atoms with Gasteiger partial charge in [0, 0.05) is 34.7 Å². The predicted octanol–water partition coefficient (Wildman–Crippen LogP) is 4.88. The van der Waals surface area contributed by atoms with E-state index in [1.54, 1.807) is 12.3 Å². The highest BCUT2D eigenvalue weighted by atomic mass is 35.5. The molecule has 4 rings (SSSR count). The number of hydrogen-bond donors (Lipinski definition) is 1. The molecular weight excluding hydrogens is 383 g/mol. The van der Waals surface area contributed by atoms with Crippen molar-refractivity contribution >= 4 is 34.0 Å². The third-order valence-corrected chi connectivity index (χ3v) is 5.27. The molecular formula is C21H20Cl2N2O2. The van der Waals surface area contributed by atoms with Gasteiger partial charge >= 0.3 is 0 Å². The second-order valence-corrected chi connectivity index (χ2v) is 7.82. The molecule has 1 unspecified atom stereocenters. The van der Waals surface area contributed by atoms with Crippen molar-refractivity contribution in [3.63, 3.8) is 0 Å². The summed E-state index contributed by atoms with van der Waals surface area (Å²) in [6, 6.07) is 13.2. The highest BCUT2D eigenvalue weighted by molar-refractivity contribution is 6.34. The van der Waals surface area contributed by atoms with Crippen LogP contribution in [-0.4, -0.2) is 29.1 Å². The molecule has 3 aromatic rings. The van der Waals surface area contributed by atoms with Crippen LogP contribution in [0.2, 0.25) is 10.0 Å². The van der Waals surface area contributed by atoms with Gasteiger partial charge in [-0.25, -0.2) is 0 Å². The van der Waals surface area contributed by atoms with Crippen molar-refractivity contribution in [2.24, 2.45) is 0 Å². The average molecular weight is 403 g/mol. The number of halogens is 2. The summed E-state index contributed by atoms with van der Waals surface area (Å²) in [5.74, 6) is 0.797. The summed E-state index contributed by atoms with van der Waals surface area (Å²) in [5.41, 5.74) is 1.03. The summed E-state index contributed by atoms with van der Waals surface area (Å²) >= 11 is 12.2. The zero-order valence-electron chi connectivity index (χ0n) is 14.8. The van der Waals surface area contributed by atoms with Gasteiger partial charge in [-0.1, -0.05) is 23.2 Å². The van der Waals surface area contributed by atoms with Crippen molar-refractivity contribution in [3.05, 3.63) is 74.6 Å². The average Bonchev–Trinajstić information content (AvgIpc) is 2.61. The van der Waals surface area contributed by atoms with Crippen molar-refractivity contribution in [2.45, 2.75) is 25.5 Å². The molecule has 6 heteroatoms. The molecule has 1 N–H and O–H groups in total. The molecule has 0 radical (unpaired) electrons. The van der Waals surface area contributed by atoms with E-state index in [1.165, 1.54) is 0 Å². The minimum absolute atomic E-state index is 0.0805. The van der Waals surface area contributed by atoms with Crippen LogP contribution in [0, 0.1) is 0 Å². The summed E-state index contributed by atoms with van der Waals surface area (Å²) < 4.78 is 6.21. The van der Waals surface area contributed by atoms with Crippen LogP contribution in [0.25, 0.3) is 10.8 Å². The molecule has 27 heavy (non-hydrogen) atoms. The molecule has 1 atom stereocenters. The Morgan fingerprint density at radius 3 is 2.74 bits per heavy atom. The van der Waals surface area contributed by atoms with E-state index in [1.807, 2.05) is 36.4 Å². The fourth-order valence-corrected chi connectivity index (χ4v) is 4.22. The van der Waals surface area contributed by atoms with E-state index in [0.29, 0.717) is 15.4 Å². The van der Waals surface area contributed by atoms with Crippen LogP contribution in [0.1, 0.15) is 18.4 Å². The van der Waals surface area contributed by atoms with Crippen molar-refractivity contribution in [1.29, 1.82) is 0 Å². The Bertz CT molecular complexity index is 998. The lowest BCUT2D eigenvalue weighted by Gasteiger charge is -2.33. The third-order valence-electron chi connectivity index (χ3n) is 4.84. The molecule has 4 nitrogen and oxygen atoms in total. The number of fused-ring (bicyclic) bond motifs is 1. The second-order valence-electron chi connectivity index (χ2n) is 6.95. The number of pyridine rings is 1. The lowest BCUT2D eigenvalue weighted by molar-refractivity contribution is 0.0844. The van der Waals surface area contributed by atoms with Gasteiger partial charge in [-0.15, -0.1) is 0 Å². The first-order valence-corrected chi connectivity index (χ1v) is 9.78. The SMILES string of the molecule is O=c1[nH]ccc2cc(OC3CCCN(Cc4cc(Cl)cc(Cl)c4)C3)ccc12. The number of benzene rings is 2. The van der Waals surface area contributed by atoms with E-state index in [9.17, 15) is 4.79 Å². The van der Waals surface area contributed by atoms with E-state index in [4.69, 9.17) is 27.9 Å². The number of piperidine rings is 1. The van der Waals surface area contributed by atoms with Gasteiger partial charge in [-0.3, -0.25) is 9.69 Å². The minimum atomic E-state index is -0.0805. The number of ether oxygens (including phenoxy) is 1. The van der Waals surface area contributed by atoms with Gasteiger partial charge in [-0.2, -0.15) is 0 Å². The summed E-state index contributed by atoms with van der Waals surface area (Å²) in [6.07, 6.45) is 3.87. The molecule has 1 saturated heterocycles. The van der Waals surface area contributed by atoms with E-state index >= 15 is 0 Å². The van der Waals surface area contributed by atoms with E-state index < -0.39 is 0 Å². The van der Waals surface area contributed by atoms with Crippen LogP contribution in [0.5, 0.6) is 5.75 Å². The number of H-pyrrole nitrogens is 1. The number of likely N-dealkylation sites (tertiary alicyclic amines) is 1. The highest BCUT2D eigenvalue weighted by Gasteiger charge is 2.21. The quantitative estimate of drug-likeness (QED) is 0.676. The van der Waals surface area contributed by atoms with Gasteiger partial charge in [0.15, 0.2) is 0 Å². The number of nitrogens with one attached hydrogen (secondary N) is 1. The molecule has 0 saturated carbocycles. The first-order chi connectivity index (χ1) is 13.1. The molecule has 0 aliphatic carbocycles. The Hall–Kier alpha value is -2.01. The number of nitrogens with zero attached hydrogens (tertiary/aromatic N) is 1. The van der Waals surface area contributed by atoms with Crippen LogP contribution in [0.3, 0.4) is 0 Å². The van der Waals surface area contributed by atoms with Crippen molar-refractivity contribution < 1.29 is 4.74 Å². The van der Waals surface area contributed by atoms with Crippen LogP contribution < -0.4 is 10.3 Å². The molecule has 140 valence electrons. The smallest absolute Gasteiger partial charge is 0.255 e. The van der Waals surface area contributed by atoms with Gasteiger partial charge < -0.3 is 9.72 Å². The maximum atomic E-state index is 11.8. The molecule has 1 aliphatic rings. The maximum absolute atomic E-state index is 11.8. The van der Waals surface area contributed by atoms with Gasteiger partial charge in [0.2, 0.25) is 0 Å². The zero-order valence-corrected chi connectivity index (χ0v) is 16.3. The molecule has 1 aliphatic heterocycles. The van der Waals surface area contributed by atoms with Gasteiger partial charge in [0.25, 0.3) is 5.56 Å². The number of aromatic amines is 1. The lowest BCUT2D eigenvalue weighted by atomic mass is 10.1. The first kappa shape index (κ1) is 18.4. The Morgan fingerprint density at radius 1 is 1.11 bits per heavy atom. The predicted molar refractivity (Wildman–Crippen MR) is 110 cm³/mol. The first-order valence-electron chi connectivity index (χ1n) is 9.02. The summed E-state index contributed by atoms with van der Waals surface area (Å²) in [7, 11) is 0. The summed E-state index contributed by atoms with van der Waals surface area (Å²) in [4.78, 5) is 16.9. The van der Waals surface area contributed by atoms with Gasteiger partial charge in [-0.05, 0) is 72.8 Å². The van der Waals surface area contributed by atoms with Gasteiger partial charge in [0.1, 0.15) is 11.9 Å². The Balaban J connectivity index is 1.44. The lowest BCUT2D eigenvalue weighted by Crippen LogP contribution is -2.40. The van der Waals surface area contributed by atoms with Crippen LogP contribution in [0.4, 0.5) is 0 Å². The van der Waals surface area contributed by atoms with Crippen molar-refractivity contribution in [2.75, 3.05) is 13.1 Å². The standard InChI is InChI=1S/C21H20Cl2N2O2/c22-16-8-14(9-17(23)11-16)12-25-7-1-2-19(13-25)27-18-3-4-20-15(10-18)5-6-24-21(20)26/h3-6,8-11,19H,1-2,7,12-13H2,(H,24,26). The molecule has 0 spiro atoms. The van der Waals surface area contributed by atoms with Crippen molar-refractivity contribution in [1.82, 2.24) is 9.88 Å². The number of aromatic nitrogens is 1. The largest absolute Gasteiger partial charge is 0.489 e. The topological polar surface area (TPSA) is 45.3 Å². The maximum Gasteiger partial charge on any atom is 0.255 e. The Kier molecular flexibility index (Phi) is 5.39. The molecule has 2 aromatic carbocycles. The number of hydrogen-bond acceptors (Lipinski definition) is 3. The second kappa shape index (κ2) is 7.93. The molecule has 1 aromatic heterocycles.